The van der Waals surface area contributed by atoms with E-state index in [0.717, 1.165) is 35.3 Å². The van der Waals surface area contributed by atoms with Crippen molar-refractivity contribution in [1.82, 2.24) is 15.2 Å². The highest BCUT2D eigenvalue weighted by atomic mass is 16.5. The number of likely N-dealkylation sites (tertiary alicyclic amines) is 1. The average Bonchev–Trinajstić information content (AvgIpc) is 3.39. The number of methoxy groups -OCH3 is 1. The number of ether oxygens (including phenoxy) is 1. The average molecular weight is 377 g/mol. The number of H-pyrrole nitrogens is 1. The molecule has 1 saturated heterocycles. The zero-order valence-electron chi connectivity index (χ0n) is 16.3. The molecule has 3 aromatic rings. The van der Waals surface area contributed by atoms with Crippen molar-refractivity contribution in [1.29, 1.82) is 0 Å². The van der Waals surface area contributed by atoms with Crippen LogP contribution in [-0.4, -0.2) is 42.5 Å². The van der Waals surface area contributed by atoms with Crippen LogP contribution in [0.15, 0.2) is 54.7 Å². The van der Waals surface area contributed by atoms with E-state index in [4.69, 9.17) is 4.74 Å². The Balaban J connectivity index is 1.45. The minimum Gasteiger partial charge on any atom is -0.497 e. The number of hydrogen-bond acceptors (Lipinski definition) is 3. The predicted octanol–water partition coefficient (Wildman–Crippen LogP) is 3.67. The van der Waals surface area contributed by atoms with Crippen molar-refractivity contribution < 1.29 is 9.53 Å². The third-order valence-corrected chi connectivity index (χ3v) is 5.58. The summed E-state index contributed by atoms with van der Waals surface area (Å²) in [5.41, 5.74) is 3.29. The number of aromatic amines is 1. The van der Waals surface area contributed by atoms with Gasteiger partial charge in [-0.3, -0.25) is 9.69 Å². The summed E-state index contributed by atoms with van der Waals surface area (Å²) in [5, 5.41) is 4.28. The molecule has 0 saturated carbocycles. The third kappa shape index (κ3) is 4.04. The number of carbonyl (C=O) groups is 1. The van der Waals surface area contributed by atoms with Crippen LogP contribution >= 0.6 is 0 Å². The van der Waals surface area contributed by atoms with Crippen LogP contribution in [0.2, 0.25) is 0 Å². The van der Waals surface area contributed by atoms with Crippen molar-refractivity contribution in [3.63, 3.8) is 0 Å². The minimum absolute atomic E-state index is 0.0526. The van der Waals surface area contributed by atoms with Crippen LogP contribution in [0.25, 0.3) is 10.9 Å². The smallest absolute Gasteiger partial charge is 0.224 e. The second-order valence-electron chi connectivity index (χ2n) is 7.38. The Kier molecular flexibility index (Phi) is 5.63. The van der Waals surface area contributed by atoms with Crippen LogP contribution in [-0.2, 0) is 11.2 Å². The summed E-state index contributed by atoms with van der Waals surface area (Å²) < 4.78 is 5.39. The summed E-state index contributed by atoms with van der Waals surface area (Å²) in [4.78, 5) is 18.4. The number of nitrogens with zero attached hydrogens (tertiary/aromatic N) is 1. The standard InChI is InChI=1S/C23H27N3O2/c1-28-19-8-6-7-17(13-19)22(26-11-4-5-12-26)16-25-23(27)14-18-15-24-21-10-3-2-9-20(18)21/h2-3,6-10,13,15,22,24H,4-5,11-12,14,16H2,1H3,(H,25,27). The molecule has 4 rings (SSSR count). The van der Waals surface area contributed by atoms with E-state index in [9.17, 15) is 4.79 Å². The molecule has 1 amide bonds. The first-order valence-corrected chi connectivity index (χ1v) is 9.94. The molecule has 5 nitrogen and oxygen atoms in total. The summed E-state index contributed by atoms with van der Waals surface area (Å²) in [6, 6.07) is 16.4. The topological polar surface area (TPSA) is 57.4 Å². The maximum absolute atomic E-state index is 12.7. The van der Waals surface area contributed by atoms with Crippen LogP contribution < -0.4 is 10.1 Å². The zero-order chi connectivity index (χ0) is 19.3. The fraction of sp³-hybridized carbons (Fsp3) is 0.348. The van der Waals surface area contributed by atoms with E-state index in [1.54, 1.807) is 7.11 Å². The molecule has 5 heteroatoms. The van der Waals surface area contributed by atoms with Crippen molar-refractivity contribution in [3.05, 3.63) is 65.9 Å². The fourth-order valence-electron chi connectivity index (χ4n) is 4.08. The maximum Gasteiger partial charge on any atom is 0.224 e. The largest absolute Gasteiger partial charge is 0.497 e. The van der Waals surface area contributed by atoms with Gasteiger partial charge in [-0.05, 0) is 55.3 Å². The Morgan fingerprint density at radius 3 is 2.82 bits per heavy atom. The molecule has 1 aromatic heterocycles. The van der Waals surface area contributed by atoms with Gasteiger partial charge in [-0.15, -0.1) is 0 Å². The summed E-state index contributed by atoms with van der Waals surface area (Å²) >= 11 is 0. The van der Waals surface area contributed by atoms with Crippen molar-refractivity contribution in [2.24, 2.45) is 0 Å². The first-order chi connectivity index (χ1) is 13.7. The van der Waals surface area contributed by atoms with Crippen molar-refractivity contribution in [3.8, 4) is 5.75 Å². The second-order valence-corrected chi connectivity index (χ2v) is 7.38. The molecule has 1 unspecified atom stereocenters. The first kappa shape index (κ1) is 18.6. The molecule has 28 heavy (non-hydrogen) atoms. The molecular weight excluding hydrogens is 350 g/mol. The molecule has 1 fully saturated rings. The number of amides is 1. The van der Waals surface area contributed by atoms with Crippen LogP contribution in [0.3, 0.4) is 0 Å². The Labute approximate surface area is 165 Å². The van der Waals surface area contributed by atoms with E-state index in [2.05, 4.69) is 33.4 Å². The maximum atomic E-state index is 12.7. The lowest BCUT2D eigenvalue weighted by Gasteiger charge is -2.28. The molecule has 146 valence electrons. The third-order valence-electron chi connectivity index (χ3n) is 5.58. The molecule has 2 aromatic carbocycles. The molecule has 0 radical (unpaired) electrons. The van der Waals surface area contributed by atoms with Gasteiger partial charge in [0.25, 0.3) is 0 Å². The number of rotatable bonds is 7. The highest BCUT2D eigenvalue weighted by Crippen LogP contribution is 2.27. The van der Waals surface area contributed by atoms with E-state index < -0.39 is 0 Å². The van der Waals surface area contributed by atoms with Gasteiger partial charge in [-0.2, -0.15) is 0 Å². The van der Waals surface area contributed by atoms with Gasteiger partial charge in [0.2, 0.25) is 5.91 Å². The van der Waals surface area contributed by atoms with Gasteiger partial charge < -0.3 is 15.0 Å². The predicted molar refractivity (Wildman–Crippen MR) is 112 cm³/mol. The number of fused-ring (bicyclic) bond motifs is 1. The van der Waals surface area contributed by atoms with Gasteiger partial charge in [0.05, 0.1) is 19.6 Å². The fourth-order valence-corrected chi connectivity index (χ4v) is 4.08. The van der Waals surface area contributed by atoms with Gasteiger partial charge in [0.15, 0.2) is 0 Å². The SMILES string of the molecule is COc1cccc(C(CNC(=O)Cc2c[nH]c3ccccc23)N2CCCC2)c1. The summed E-state index contributed by atoms with van der Waals surface area (Å²) in [7, 11) is 1.69. The number of carbonyl (C=O) groups excluding carboxylic acids is 1. The monoisotopic (exact) mass is 377 g/mol. The number of hydrogen-bond donors (Lipinski definition) is 2. The summed E-state index contributed by atoms with van der Waals surface area (Å²) in [5.74, 6) is 0.906. The number of nitrogens with one attached hydrogen (secondary N) is 2. The molecule has 2 N–H and O–H groups in total. The Morgan fingerprint density at radius 1 is 1.18 bits per heavy atom. The quantitative estimate of drug-likeness (QED) is 0.660. The van der Waals surface area contributed by atoms with Crippen LogP contribution in [0.5, 0.6) is 5.75 Å². The lowest BCUT2D eigenvalue weighted by atomic mass is 10.0. The Morgan fingerprint density at radius 2 is 2.00 bits per heavy atom. The van der Waals surface area contributed by atoms with E-state index in [1.807, 2.05) is 36.5 Å². The molecule has 2 heterocycles. The zero-order valence-corrected chi connectivity index (χ0v) is 16.3. The van der Waals surface area contributed by atoms with Gasteiger partial charge in [0, 0.05) is 23.6 Å². The lowest BCUT2D eigenvalue weighted by molar-refractivity contribution is -0.120. The molecule has 0 aliphatic carbocycles. The lowest BCUT2D eigenvalue weighted by Crippen LogP contribution is -2.37. The molecular formula is C23H27N3O2. The van der Waals surface area contributed by atoms with Crippen molar-refractivity contribution >= 4 is 16.8 Å². The summed E-state index contributed by atoms with van der Waals surface area (Å²) in [6.45, 7) is 2.74. The Hall–Kier alpha value is -2.79. The van der Waals surface area contributed by atoms with Gasteiger partial charge in [0.1, 0.15) is 5.75 Å². The number of benzene rings is 2. The van der Waals surface area contributed by atoms with Crippen molar-refractivity contribution in [2.45, 2.75) is 25.3 Å². The van der Waals surface area contributed by atoms with Crippen LogP contribution in [0, 0.1) is 0 Å². The van der Waals surface area contributed by atoms with E-state index in [1.165, 1.54) is 18.4 Å². The van der Waals surface area contributed by atoms with Crippen LogP contribution in [0.4, 0.5) is 0 Å². The van der Waals surface area contributed by atoms with E-state index >= 15 is 0 Å². The first-order valence-electron chi connectivity index (χ1n) is 9.94. The van der Waals surface area contributed by atoms with Crippen LogP contribution in [0.1, 0.15) is 30.0 Å². The molecule has 1 aliphatic rings. The normalized spacial score (nSPS) is 15.6. The summed E-state index contributed by atoms with van der Waals surface area (Å²) in [6.07, 6.45) is 4.74. The Bertz CT molecular complexity index is 944. The molecule has 1 atom stereocenters. The highest BCUT2D eigenvalue weighted by molar-refractivity contribution is 5.88. The van der Waals surface area contributed by atoms with E-state index in [-0.39, 0.29) is 11.9 Å². The minimum atomic E-state index is 0.0526. The number of aromatic nitrogens is 1. The second kappa shape index (κ2) is 8.48. The van der Waals surface area contributed by atoms with Crippen molar-refractivity contribution in [2.75, 3.05) is 26.7 Å². The molecule has 0 spiro atoms. The van der Waals surface area contributed by atoms with Gasteiger partial charge in [-0.25, -0.2) is 0 Å². The van der Waals surface area contributed by atoms with Gasteiger partial charge in [-0.1, -0.05) is 30.3 Å². The molecule has 0 bridgehead atoms. The number of para-hydroxylation sites is 1. The van der Waals surface area contributed by atoms with Gasteiger partial charge >= 0.3 is 0 Å². The van der Waals surface area contributed by atoms with E-state index in [0.29, 0.717) is 13.0 Å². The molecule has 1 aliphatic heterocycles. The highest BCUT2D eigenvalue weighted by Gasteiger charge is 2.24.